The molecule has 1 aromatic carbocycles. The minimum absolute atomic E-state index is 0.183. The SMILES string of the molecule is N/C(=N\N=C\c1ccc(O)c(O)c1)c1ccncc1. The van der Waals surface area contributed by atoms with E-state index in [0.29, 0.717) is 5.56 Å². The van der Waals surface area contributed by atoms with Gasteiger partial charge in [-0.2, -0.15) is 5.10 Å². The molecule has 19 heavy (non-hydrogen) atoms. The predicted octanol–water partition coefficient (Wildman–Crippen LogP) is 1.23. The fourth-order valence-electron chi connectivity index (χ4n) is 1.36. The molecule has 0 aliphatic carbocycles. The second kappa shape index (κ2) is 5.63. The van der Waals surface area contributed by atoms with Crippen LogP contribution in [-0.4, -0.2) is 27.2 Å². The Bertz CT molecular complexity index is 624. The van der Waals surface area contributed by atoms with Gasteiger partial charge in [0.15, 0.2) is 17.3 Å². The summed E-state index contributed by atoms with van der Waals surface area (Å²) in [4.78, 5) is 3.87. The van der Waals surface area contributed by atoms with Crippen LogP contribution in [0.2, 0.25) is 0 Å². The van der Waals surface area contributed by atoms with Crippen LogP contribution < -0.4 is 5.73 Å². The van der Waals surface area contributed by atoms with E-state index < -0.39 is 0 Å². The van der Waals surface area contributed by atoms with Crippen molar-refractivity contribution in [3.8, 4) is 11.5 Å². The molecule has 1 heterocycles. The Kier molecular flexibility index (Phi) is 3.72. The van der Waals surface area contributed by atoms with Gasteiger partial charge >= 0.3 is 0 Å². The molecule has 0 saturated carbocycles. The molecule has 96 valence electrons. The van der Waals surface area contributed by atoms with Crippen LogP contribution in [0.15, 0.2) is 52.9 Å². The van der Waals surface area contributed by atoms with Crippen molar-refractivity contribution in [3.63, 3.8) is 0 Å². The van der Waals surface area contributed by atoms with Gasteiger partial charge in [-0.1, -0.05) is 0 Å². The number of hydrogen-bond donors (Lipinski definition) is 3. The molecule has 0 unspecified atom stereocenters. The highest BCUT2D eigenvalue weighted by atomic mass is 16.3. The first-order valence-electron chi connectivity index (χ1n) is 5.45. The van der Waals surface area contributed by atoms with Crippen LogP contribution >= 0.6 is 0 Å². The average molecular weight is 256 g/mol. The van der Waals surface area contributed by atoms with Gasteiger partial charge in [0.1, 0.15) is 0 Å². The Morgan fingerprint density at radius 3 is 2.53 bits per heavy atom. The van der Waals surface area contributed by atoms with Gasteiger partial charge < -0.3 is 15.9 Å². The molecule has 0 fully saturated rings. The van der Waals surface area contributed by atoms with Crippen LogP contribution in [0.25, 0.3) is 0 Å². The summed E-state index contributed by atoms with van der Waals surface area (Å²) in [6, 6.07) is 7.78. The van der Waals surface area contributed by atoms with E-state index in [4.69, 9.17) is 10.8 Å². The van der Waals surface area contributed by atoms with Crippen molar-refractivity contribution in [1.29, 1.82) is 0 Å². The first-order chi connectivity index (χ1) is 9.16. The Morgan fingerprint density at radius 2 is 1.84 bits per heavy atom. The van der Waals surface area contributed by atoms with Crippen molar-refractivity contribution in [1.82, 2.24) is 4.98 Å². The van der Waals surface area contributed by atoms with E-state index in [1.54, 1.807) is 30.6 Å². The molecule has 0 atom stereocenters. The quantitative estimate of drug-likeness (QED) is 0.332. The number of pyridine rings is 1. The van der Waals surface area contributed by atoms with E-state index in [9.17, 15) is 5.11 Å². The number of phenolic OH excluding ortho intramolecular Hbond substituents is 2. The molecule has 0 saturated heterocycles. The molecule has 2 rings (SSSR count). The molecule has 6 nitrogen and oxygen atoms in total. The van der Waals surface area contributed by atoms with Gasteiger partial charge in [0.05, 0.1) is 6.21 Å². The maximum absolute atomic E-state index is 9.31. The number of amidine groups is 1. The number of nitrogens with zero attached hydrogens (tertiary/aromatic N) is 3. The molecular formula is C13H12N4O2. The largest absolute Gasteiger partial charge is 0.504 e. The van der Waals surface area contributed by atoms with Crippen LogP contribution in [0.4, 0.5) is 0 Å². The lowest BCUT2D eigenvalue weighted by Gasteiger charge is -1.98. The summed E-state index contributed by atoms with van der Waals surface area (Å²) in [5.74, 6) is -0.131. The lowest BCUT2D eigenvalue weighted by Crippen LogP contribution is -2.12. The Hall–Kier alpha value is -2.89. The van der Waals surface area contributed by atoms with Crippen molar-refractivity contribution in [2.24, 2.45) is 15.9 Å². The van der Waals surface area contributed by atoms with E-state index in [1.807, 2.05) is 0 Å². The number of nitrogens with two attached hydrogens (primary N) is 1. The number of aromatic nitrogens is 1. The third-order valence-electron chi connectivity index (χ3n) is 2.35. The number of hydrogen-bond acceptors (Lipinski definition) is 5. The molecule has 0 radical (unpaired) electrons. The summed E-state index contributed by atoms with van der Waals surface area (Å²) in [5.41, 5.74) is 7.05. The van der Waals surface area contributed by atoms with Gasteiger partial charge in [-0.3, -0.25) is 4.98 Å². The summed E-state index contributed by atoms with van der Waals surface area (Å²) in [5, 5.41) is 26.1. The Balaban J connectivity index is 2.13. The second-order valence-corrected chi connectivity index (χ2v) is 3.71. The van der Waals surface area contributed by atoms with Crippen LogP contribution in [-0.2, 0) is 0 Å². The standard InChI is InChI=1S/C13H12N4O2/c14-13(10-3-5-15-6-4-10)17-16-8-9-1-2-11(18)12(19)7-9/h1-8,18-19H,(H2,14,17)/b16-8+. The molecular weight excluding hydrogens is 244 g/mol. The van der Waals surface area contributed by atoms with Crippen molar-refractivity contribution < 1.29 is 10.2 Å². The van der Waals surface area contributed by atoms with Crippen LogP contribution in [0.5, 0.6) is 11.5 Å². The fraction of sp³-hybridized carbons (Fsp3) is 0. The van der Waals surface area contributed by atoms with Gasteiger partial charge in [0.25, 0.3) is 0 Å². The van der Waals surface area contributed by atoms with Crippen molar-refractivity contribution in [2.75, 3.05) is 0 Å². The smallest absolute Gasteiger partial charge is 0.158 e. The third kappa shape index (κ3) is 3.29. The normalized spacial score (nSPS) is 11.9. The van der Waals surface area contributed by atoms with Crippen LogP contribution in [0, 0.1) is 0 Å². The Morgan fingerprint density at radius 1 is 1.11 bits per heavy atom. The number of phenols is 2. The summed E-state index contributed by atoms with van der Waals surface area (Å²) >= 11 is 0. The summed E-state index contributed by atoms with van der Waals surface area (Å²) in [6.07, 6.45) is 4.64. The molecule has 4 N–H and O–H groups in total. The maximum Gasteiger partial charge on any atom is 0.158 e. The minimum atomic E-state index is -0.213. The topological polar surface area (TPSA) is 104 Å². The number of aromatic hydroxyl groups is 2. The molecule has 0 aliphatic rings. The minimum Gasteiger partial charge on any atom is -0.504 e. The first-order valence-corrected chi connectivity index (χ1v) is 5.45. The van der Waals surface area contributed by atoms with Crippen molar-refractivity contribution in [2.45, 2.75) is 0 Å². The van der Waals surface area contributed by atoms with E-state index in [1.165, 1.54) is 18.3 Å². The number of benzene rings is 1. The van der Waals surface area contributed by atoms with E-state index in [2.05, 4.69) is 15.2 Å². The molecule has 0 aliphatic heterocycles. The van der Waals surface area contributed by atoms with E-state index >= 15 is 0 Å². The van der Waals surface area contributed by atoms with Gasteiger partial charge in [0, 0.05) is 18.0 Å². The molecule has 2 aromatic rings. The maximum atomic E-state index is 9.31. The molecule has 6 heteroatoms. The zero-order valence-corrected chi connectivity index (χ0v) is 9.93. The second-order valence-electron chi connectivity index (χ2n) is 3.71. The number of rotatable bonds is 3. The summed E-state index contributed by atoms with van der Waals surface area (Å²) in [6.45, 7) is 0. The zero-order chi connectivity index (χ0) is 13.7. The summed E-state index contributed by atoms with van der Waals surface area (Å²) < 4.78 is 0. The van der Waals surface area contributed by atoms with Gasteiger partial charge in [-0.05, 0) is 35.9 Å². The van der Waals surface area contributed by atoms with Crippen LogP contribution in [0.1, 0.15) is 11.1 Å². The Labute approximate surface area is 109 Å². The van der Waals surface area contributed by atoms with Gasteiger partial charge in [-0.25, -0.2) is 0 Å². The van der Waals surface area contributed by atoms with Gasteiger partial charge in [-0.15, -0.1) is 5.10 Å². The van der Waals surface area contributed by atoms with Crippen molar-refractivity contribution in [3.05, 3.63) is 53.9 Å². The highest BCUT2D eigenvalue weighted by Gasteiger charge is 1.98. The molecule has 0 bridgehead atoms. The van der Waals surface area contributed by atoms with Crippen LogP contribution in [0.3, 0.4) is 0 Å². The molecule has 0 amide bonds. The molecule has 1 aromatic heterocycles. The van der Waals surface area contributed by atoms with E-state index in [0.717, 1.165) is 5.56 Å². The third-order valence-corrected chi connectivity index (χ3v) is 2.35. The lowest BCUT2D eigenvalue weighted by atomic mass is 10.2. The summed E-state index contributed by atoms with van der Waals surface area (Å²) in [7, 11) is 0. The van der Waals surface area contributed by atoms with Gasteiger partial charge in [0.2, 0.25) is 0 Å². The monoisotopic (exact) mass is 256 g/mol. The fourth-order valence-corrected chi connectivity index (χ4v) is 1.36. The van der Waals surface area contributed by atoms with E-state index in [-0.39, 0.29) is 17.3 Å². The molecule has 0 spiro atoms. The van der Waals surface area contributed by atoms with Crippen molar-refractivity contribution >= 4 is 12.1 Å². The highest BCUT2D eigenvalue weighted by molar-refractivity contribution is 5.97. The zero-order valence-electron chi connectivity index (χ0n) is 9.93. The highest BCUT2D eigenvalue weighted by Crippen LogP contribution is 2.23. The first kappa shape index (κ1) is 12.6. The lowest BCUT2D eigenvalue weighted by molar-refractivity contribution is 0.403. The predicted molar refractivity (Wildman–Crippen MR) is 72.3 cm³/mol. The average Bonchev–Trinajstić information content (AvgIpc) is 2.43.